The summed E-state index contributed by atoms with van der Waals surface area (Å²) >= 11 is 0. The third-order valence-corrected chi connectivity index (χ3v) is 10.1. The molecule has 2 unspecified atom stereocenters. The molecule has 1 aliphatic rings. The zero-order valence-electron chi connectivity index (χ0n) is 27.8. The van der Waals surface area contributed by atoms with Gasteiger partial charge < -0.3 is 9.73 Å². The molecule has 0 amide bonds. The average molecular weight is 656 g/mol. The van der Waals surface area contributed by atoms with E-state index in [1.807, 2.05) is 18.2 Å². The lowest BCUT2D eigenvalue weighted by atomic mass is 9.96. The van der Waals surface area contributed by atoms with Gasteiger partial charge >= 0.3 is 0 Å². The van der Waals surface area contributed by atoms with Crippen LogP contribution in [0.25, 0.3) is 65.7 Å². The van der Waals surface area contributed by atoms with E-state index >= 15 is 0 Å². The largest absolute Gasteiger partial charge is 0.456 e. The molecule has 0 saturated carbocycles. The second-order valence-corrected chi connectivity index (χ2v) is 13.2. The lowest BCUT2D eigenvalue weighted by Gasteiger charge is -2.33. The predicted octanol–water partition coefficient (Wildman–Crippen LogP) is 11.6. The average Bonchev–Trinajstić information content (AvgIpc) is 3.59. The highest BCUT2D eigenvalue weighted by Crippen LogP contribution is 2.38. The van der Waals surface area contributed by atoms with Crippen LogP contribution in [0.1, 0.15) is 29.0 Å². The number of hydrogen-bond donors (Lipinski definition) is 2. The van der Waals surface area contributed by atoms with E-state index in [0.29, 0.717) is 0 Å². The fourth-order valence-corrected chi connectivity index (χ4v) is 7.61. The highest BCUT2D eigenvalue weighted by atomic mass is 16.3. The van der Waals surface area contributed by atoms with E-state index < -0.39 is 0 Å². The maximum Gasteiger partial charge on any atom is 0.136 e. The van der Waals surface area contributed by atoms with Crippen LogP contribution in [0.5, 0.6) is 0 Å². The van der Waals surface area contributed by atoms with Crippen LogP contribution in [0.3, 0.4) is 0 Å². The van der Waals surface area contributed by atoms with Crippen molar-refractivity contribution in [2.24, 2.45) is 4.99 Å². The lowest BCUT2D eigenvalue weighted by Crippen LogP contribution is -2.45. The summed E-state index contributed by atoms with van der Waals surface area (Å²) in [5, 5.41) is 14.7. The van der Waals surface area contributed by atoms with Crippen molar-refractivity contribution in [2.45, 2.75) is 12.3 Å². The third kappa shape index (κ3) is 5.25. The molecule has 0 saturated heterocycles. The van der Waals surface area contributed by atoms with Crippen molar-refractivity contribution in [3.05, 3.63) is 193 Å². The van der Waals surface area contributed by atoms with Gasteiger partial charge in [-0.3, -0.25) is 5.32 Å². The molecule has 1 aromatic heterocycles. The first-order valence-corrected chi connectivity index (χ1v) is 17.4. The van der Waals surface area contributed by atoms with Crippen LogP contribution in [-0.2, 0) is 0 Å². The molecule has 8 aromatic carbocycles. The fourth-order valence-electron chi connectivity index (χ4n) is 7.61. The van der Waals surface area contributed by atoms with Gasteiger partial charge in [0, 0.05) is 16.3 Å². The highest BCUT2D eigenvalue weighted by molar-refractivity contribution is 6.19. The van der Waals surface area contributed by atoms with Gasteiger partial charge in [0.1, 0.15) is 29.3 Å². The molecule has 0 aliphatic carbocycles. The van der Waals surface area contributed by atoms with Gasteiger partial charge in [-0.25, -0.2) is 4.99 Å². The minimum atomic E-state index is -0.308. The Morgan fingerprint density at radius 1 is 0.471 bits per heavy atom. The maximum atomic E-state index is 6.52. The molecule has 0 fully saturated rings. The Labute approximate surface area is 295 Å². The number of furan rings is 1. The Bertz CT molecular complexity index is 2760. The van der Waals surface area contributed by atoms with E-state index in [1.54, 1.807) is 0 Å². The SMILES string of the molecule is c1ccc(-c2ccc3ccc(C4NC(c5cc(-c6ccccc6)cc6oc7ccccc7c56)=NC(c5cccc6ccccc56)N4)cc3c2)cc1. The Balaban J connectivity index is 1.17. The Hall–Kier alpha value is -6.49. The van der Waals surface area contributed by atoms with Crippen LogP contribution in [0, 0.1) is 0 Å². The number of aliphatic imine (C=N–C) groups is 1. The number of nitrogens with zero attached hydrogens (tertiary/aromatic N) is 1. The van der Waals surface area contributed by atoms with Gasteiger partial charge in [-0.2, -0.15) is 0 Å². The van der Waals surface area contributed by atoms with Crippen molar-refractivity contribution in [1.82, 2.24) is 10.6 Å². The highest BCUT2D eigenvalue weighted by Gasteiger charge is 2.29. The minimum Gasteiger partial charge on any atom is -0.456 e. The van der Waals surface area contributed by atoms with Crippen LogP contribution in [0.15, 0.2) is 185 Å². The van der Waals surface area contributed by atoms with Crippen LogP contribution in [0.2, 0.25) is 0 Å². The molecule has 0 radical (unpaired) electrons. The topological polar surface area (TPSA) is 49.6 Å². The fraction of sp³-hybridized carbons (Fsp3) is 0.0426. The molecule has 51 heavy (non-hydrogen) atoms. The van der Waals surface area contributed by atoms with Crippen LogP contribution < -0.4 is 10.6 Å². The van der Waals surface area contributed by atoms with Crippen molar-refractivity contribution in [3.63, 3.8) is 0 Å². The van der Waals surface area contributed by atoms with Crippen LogP contribution in [-0.4, -0.2) is 5.84 Å². The van der Waals surface area contributed by atoms with Crippen molar-refractivity contribution in [2.75, 3.05) is 0 Å². The molecule has 10 rings (SSSR count). The molecule has 4 heteroatoms. The van der Waals surface area contributed by atoms with Gasteiger partial charge in [-0.1, -0.05) is 146 Å². The monoisotopic (exact) mass is 655 g/mol. The Morgan fingerprint density at radius 3 is 2.02 bits per heavy atom. The molecule has 242 valence electrons. The summed E-state index contributed by atoms with van der Waals surface area (Å²) in [6.07, 6.45) is -0.530. The van der Waals surface area contributed by atoms with Gasteiger partial charge in [-0.15, -0.1) is 0 Å². The summed E-state index contributed by atoms with van der Waals surface area (Å²) < 4.78 is 6.52. The first-order valence-electron chi connectivity index (χ1n) is 17.4. The van der Waals surface area contributed by atoms with E-state index in [9.17, 15) is 0 Å². The van der Waals surface area contributed by atoms with E-state index in [2.05, 4.69) is 168 Å². The maximum absolute atomic E-state index is 6.52. The number of rotatable bonds is 5. The summed E-state index contributed by atoms with van der Waals surface area (Å²) in [6, 6.07) is 62.3. The first-order chi connectivity index (χ1) is 25.2. The first kappa shape index (κ1) is 29.4. The Morgan fingerprint density at radius 2 is 1.18 bits per heavy atom. The molecule has 4 nitrogen and oxygen atoms in total. The van der Waals surface area contributed by atoms with Gasteiger partial charge in [0.2, 0.25) is 0 Å². The smallest absolute Gasteiger partial charge is 0.136 e. The summed E-state index contributed by atoms with van der Waals surface area (Å²) in [4.78, 5) is 5.49. The van der Waals surface area contributed by atoms with Gasteiger partial charge in [0.15, 0.2) is 0 Å². The van der Waals surface area contributed by atoms with Crippen molar-refractivity contribution >= 4 is 49.3 Å². The number of para-hydroxylation sites is 1. The van der Waals surface area contributed by atoms with Crippen molar-refractivity contribution in [1.29, 1.82) is 0 Å². The number of amidine groups is 1. The zero-order valence-corrected chi connectivity index (χ0v) is 27.8. The number of hydrogen-bond acceptors (Lipinski definition) is 4. The predicted molar refractivity (Wildman–Crippen MR) is 211 cm³/mol. The second-order valence-electron chi connectivity index (χ2n) is 13.2. The molecule has 0 bridgehead atoms. The van der Waals surface area contributed by atoms with Gasteiger partial charge in [0.25, 0.3) is 0 Å². The third-order valence-electron chi connectivity index (χ3n) is 10.1. The molecular weight excluding hydrogens is 623 g/mol. The number of benzene rings is 8. The number of fused-ring (bicyclic) bond motifs is 5. The van der Waals surface area contributed by atoms with Gasteiger partial charge in [-0.05, 0) is 85.3 Å². The summed E-state index contributed by atoms with van der Waals surface area (Å²) in [6.45, 7) is 0. The molecule has 2 heterocycles. The molecule has 2 N–H and O–H groups in total. The lowest BCUT2D eigenvalue weighted by molar-refractivity contribution is 0.411. The number of nitrogens with one attached hydrogen (secondary N) is 2. The van der Waals surface area contributed by atoms with E-state index in [-0.39, 0.29) is 12.3 Å². The summed E-state index contributed by atoms with van der Waals surface area (Å²) in [7, 11) is 0. The quantitative estimate of drug-likeness (QED) is 0.194. The van der Waals surface area contributed by atoms with Crippen LogP contribution >= 0.6 is 0 Å². The molecule has 9 aromatic rings. The van der Waals surface area contributed by atoms with Gasteiger partial charge in [0.05, 0.1) is 0 Å². The molecule has 0 spiro atoms. The Kier molecular flexibility index (Phi) is 7.00. The molecule has 2 atom stereocenters. The summed E-state index contributed by atoms with van der Waals surface area (Å²) in [5.41, 5.74) is 9.60. The summed E-state index contributed by atoms with van der Waals surface area (Å²) in [5.74, 6) is 0.823. The zero-order chi connectivity index (χ0) is 33.7. The molecular formula is C47H33N3O. The second kappa shape index (κ2) is 12.1. The van der Waals surface area contributed by atoms with E-state index in [4.69, 9.17) is 9.41 Å². The van der Waals surface area contributed by atoms with E-state index in [0.717, 1.165) is 55.6 Å². The van der Waals surface area contributed by atoms with Crippen molar-refractivity contribution in [3.8, 4) is 22.3 Å². The normalized spacial score (nSPS) is 16.0. The van der Waals surface area contributed by atoms with E-state index in [1.165, 1.54) is 32.7 Å². The minimum absolute atomic E-state index is 0.222. The standard InChI is InChI=1S/C47H33N3O/c1-3-12-30(13-4-1)34-24-22-32-23-25-35(27-36(32)26-34)45-48-46(39-20-11-17-33-16-7-8-18-38(33)39)50-47(49-45)41-28-37(31-14-5-2-6-15-31)29-43-44(41)40-19-9-10-21-42(40)51-43/h1-29,45-46,48H,(H,49,50). The van der Waals surface area contributed by atoms with Crippen molar-refractivity contribution < 1.29 is 4.42 Å². The molecule has 1 aliphatic heterocycles. The van der Waals surface area contributed by atoms with Crippen LogP contribution in [0.4, 0.5) is 0 Å².